The van der Waals surface area contributed by atoms with E-state index in [0.29, 0.717) is 0 Å². The lowest BCUT2D eigenvalue weighted by Gasteiger charge is -2.31. The second-order valence-electron chi connectivity index (χ2n) is 2.47. The van der Waals surface area contributed by atoms with Gasteiger partial charge in [-0.15, -0.1) is 13.2 Å². The Morgan fingerprint density at radius 2 is 0.941 bits per heavy atom. The molecule has 0 aromatic rings. The van der Waals surface area contributed by atoms with Crippen LogP contribution in [0.25, 0.3) is 0 Å². The molecule has 0 saturated carbocycles. The van der Waals surface area contributed by atoms with Gasteiger partial charge in [0.15, 0.2) is 0 Å². The third kappa shape index (κ3) is 2.95. The fourth-order valence-corrected chi connectivity index (χ4v) is 0.516. The van der Waals surface area contributed by atoms with Gasteiger partial charge in [-0.1, -0.05) is 6.58 Å². The Bertz CT molecular complexity index is 263. The quantitative estimate of drug-likeness (QED) is 0.527. The predicted molar refractivity (Wildman–Crippen MR) is 42.3 cm³/mol. The topological polar surface area (TPSA) is 0 Å². The molecule has 0 unspecified atom stereocenters. The molecule has 0 aliphatic rings. The van der Waals surface area contributed by atoms with Crippen LogP contribution in [-0.2, 0) is 0 Å². The Kier molecular flexibility index (Phi) is 5.37. The van der Waals surface area contributed by atoms with Gasteiger partial charge in [-0.25, -0.2) is 0 Å². The van der Waals surface area contributed by atoms with Crippen LogP contribution in [0.3, 0.4) is 0 Å². The SMILES string of the molecule is C=C.C=CC(F)(F)C(F)(F)C(F)(F)C(F)(F)F. The van der Waals surface area contributed by atoms with Crippen molar-refractivity contribution < 1.29 is 39.5 Å². The highest BCUT2D eigenvalue weighted by atomic mass is 19.4. The van der Waals surface area contributed by atoms with E-state index in [0.717, 1.165) is 0 Å². The zero-order valence-electron chi connectivity index (χ0n) is 8.10. The zero-order chi connectivity index (χ0) is 14.7. The number of hydrogen-bond acceptors (Lipinski definition) is 0. The van der Waals surface area contributed by atoms with Gasteiger partial charge in [0.2, 0.25) is 0 Å². The molecule has 0 atom stereocenters. The molecule has 9 heteroatoms. The highest BCUT2D eigenvalue weighted by molar-refractivity contribution is 5.07. The van der Waals surface area contributed by atoms with E-state index in [1.165, 1.54) is 0 Å². The number of halogens is 9. The Morgan fingerprint density at radius 1 is 0.647 bits per heavy atom. The van der Waals surface area contributed by atoms with Gasteiger partial charge in [0.05, 0.1) is 0 Å². The summed E-state index contributed by atoms with van der Waals surface area (Å²) in [7, 11) is 0. The molecule has 0 bridgehead atoms. The van der Waals surface area contributed by atoms with Crippen molar-refractivity contribution >= 4 is 0 Å². The van der Waals surface area contributed by atoms with Crippen LogP contribution in [0.15, 0.2) is 25.8 Å². The first-order valence-corrected chi connectivity index (χ1v) is 3.65. The average molecular weight is 274 g/mol. The van der Waals surface area contributed by atoms with Gasteiger partial charge < -0.3 is 0 Å². The van der Waals surface area contributed by atoms with Crippen LogP contribution >= 0.6 is 0 Å². The third-order valence-electron chi connectivity index (χ3n) is 1.43. The maximum absolute atomic E-state index is 12.2. The summed E-state index contributed by atoms with van der Waals surface area (Å²) < 4.78 is 107. The summed E-state index contributed by atoms with van der Waals surface area (Å²) in [5, 5.41) is 0. The highest BCUT2D eigenvalue weighted by Crippen LogP contribution is 2.53. The van der Waals surface area contributed by atoms with Crippen molar-refractivity contribution in [3.63, 3.8) is 0 Å². The van der Waals surface area contributed by atoms with Gasteiger partial charge in [-0.05, 0) is 6.08 Å². The summed E-state index contributed by atoms with van der Waals surface area (Å²) in [6.07, 6.45) is -7.74. The summed E-state index contributed by atoms with van der Waals surface area (Å²) in [6, 6.07) is 0. The predicted octanol–water partition coefficient (Wildman–Crippen LogP) is 4.44. The second-order valence-corrected chi connectivity index (χ2v) is 2.47. The monoisotopic (exact) mass is 274 g/mol. The maximum Gasteiger partial charge on any atom is 0.460 e. The first-order valence-electron chi connectivity index (χ1n) is 3.65. The molecule has 102 valence electrons. The minimum Gasteiger partial charge on any atom is -0.195 e. The molecule has 0 radical (unpaired) electrons. The Labute approximate surface area is 90.4 Å². The molecule has 0 rings (SSSR count). The van der Waals surface area contributed by atoms with Crippen molar-refractivity contribution in [2.75, 3.05) is 0 Å². The lowest BCUT2D eigenvalue weighted by atomic mass is 10.0. The van der Waals surface area contributed by atoms with Crippen molar-refractivity contribution in [1.29, 1.82) is 0 Å². The fourth-order valence-electron chi connectivity index (χ4n) is 0.516. The molecular formula is C8H7F9. The standard InChI is InChI=1S/C6H3F9.C2H4/c1-2-3(7,8)4(9,10)5(11,12)6(13,14)15;1-2/h2H,1H2;1-2H2. The van der Waals surface area contributed by atoms with Gasteiger partial charge in [-0.3, -0.25) is 0 Å². The maximum atomic E-state index is 12.2. The zero-order valence-corrected chi connectivity index (χ0v) is 8.10. The van der Waals surface area contributed by atoms with Crippen molar-refractivity contribution in [3.8, 4) is 0 Å². The molecule has 0 aromatic heterocycles. The van der Waals surface area contributed by atoms with Crippen molar-refractivity contribution in [2.45, 2.75) is 23.9 Å². The normalized spacial score (nSPS) is 13.7. The molecule has 0 saturated heterocycles. The molecule has 0 heterocycles. The third-order valence-corrected chi connectivity index (χ3v) is 1.43. The summed E-state index contributed by atoms with van der Waals surface area (Å²) in [4.78, 5) is 0. The highest BCUT2D eigenvalue weighted by Gasteiger charge is 2.80. The van der Waals surface area contributed by atoms with Crippen molar-refractivity contribution in [2.24, 2.45) is 0 Å². The fraction of sp³-hybridized carbons (Fsp3) is 0.500. The van der Waals surface area contributed by atoms with E-state index < -0.39 is 30.0 Å². The van der Waals surface area contributed by atoms with Crippen LogP contribution < -0.4 is 0 Å². The van der Waals surface area contributed by atoms with Crippen LogP contribution in [0, 0.1) is 0 Å². The molecule has 17 heavy (non-hydrogen) atoms. The molecule has 0 fully saturated rings. The second kappa shape index (κ2) is 5.01. The van der Waals surface area contributed by atoms with E-state index >= 15 is 0 Å². The van der Waals surface area contributed by atoms with Crippen LogP contribution in [0.1, 0.15) is 0 Å². The Morgan fingerprint density at radius 3 is 1.12 bits per heavy atom. The Hall–Kier alpha value is -1.15. The minimum absolute atomic E-state index is 0.966. The van der Waals surface area contributed by atoms with Crippen molar-refractivity contribution in [1.82, 2.24) is 0 Å². The largest absolute Gasteiger partial charge is 0.460 e. The van der Waals surface area contributed by atoms with E-state index in [2.05, 4.69) is 19.7 Å². The lowest BCUT2D eigenvalue weighted by Crippen LogP contribution is -2.60. The molecule has 0 aliphatic carbocycles. The molecule has 0 aliphatic heterocycles. The number of allylic oxidation sites excluding steroid dienone is 1. The summed E-state index contributed by atoms with van der Waals surface area (Å²) in [6.45, 7) is 8.06. The van der Waals surface area contributed by atoms with Gasteiger partial charge in [0, 0.05) is 0 Å². The molecular weight excluding hydrogens is 267 g/mol. The summed E-state index contributed by atoms with van der Waals surface area (Å²) in [5.74, 6) is -19.1. The van der Waals surface area contributed by atoms with Gasteiger partial charge >= 0.3 is 23.9 Å². The number of hydrogen-bond donors (Lipinski definition) is 0. The first-order chi connectivity index (χ1) is 7.31. The van der Waals surface area contributed by atoms with Gasteiger partial charge in [0.1, 0.15) is 0 Å². The molecule has 0 amide bonds. The molecule has 0 aromatic carbocycles. The first kappa shape index (κ1) is 18.2. The van der Waals surface area contributed by atoms with E-state index in [1.54, 1.807) is 0 Å². The van der Waals surface area contributed by atoms with Crippen LogP contribution in [0.5, 0.6) is 0 Å². The molecule has 0 N–H and O–H groups in total. The van der Waals surface area contributed by atoms with E-state index in [-0.39, 0.29) is 0 Å². The number of rotatable bonds is 3. The number of alkyl halides is 9. The smallest absolute Gasteiger partial charge is 0.195 e. The minimum atomic E-state index is -6.84. The lowest BCUT2D eigenvalue weighted by molar-refractivity contribution is -0.388. The van der Waals surface area contributed by atoms with Crippen LogP contribution in [0.2, 0.25) is 0 Å². The van der Waals surface area contributed by atoms with Crippen molar-refractivity contribution in [3.05, 3.63) is 25.8 Å². The molecule has 0 spiro atoms. The van der Waals surface area contributed by atoms with Gasteiger partial charge in [0.25, 0.3) is 0 Å². The van der Waals surface area contributed by atoms with Crippen LogP contribution in [-0.4, -0.2) is 23.9 Å². The van der Waals surface area contributed by atoms with E-state index in [4.69, 9.17) is 0 Å². The Balaban J connectivity index is 0. The van der Waals surface area contributed by atoms with Crippen LogP contribution in [0.4, 0.5) is 39.5 Å². The van der Waals surface area contributed by atoms with E-state index in [1.807, 2.05) is 0 Å². The van der Waals surface area contributed by atoms with Gasteiger partial charge in [-0.2, -0.15) is 39.5 Å². The summed E-state index contributed by atoms with van der Waals surface area (Å²) in [5.41, 5.74) is 0. The van der Waals surface area contributed by atoms with E-state index in [9.17, 15) is 39.5 Å². The average Bonchev–Trinajstić information content (AvgIpc) is 2.18. The summed E-state index contributed by atoms with van der Waals surface area (Å²) >= 11 is 0. The molecule has 0 nitrogen and oxygen atoms in total.